The molecule has 1 aliphatic rings. The van der Waals surface area contributed by atoms with Crippen LogP contribution in [-0.4, -0.2) is 4.98 Å². The Labute approximate surface area is 116 Å². The molecule has 0 amide bonds. The van der Waals surface area contributed by atoms with Crippen LogP contribution in [0.15, 0.2) is 18.2 Å². The van der Waals surface area contributed by atoms with Crippen molar-refractivity contribution in [2.75, 3.05) is 5.73 Å². The number of hydrogen-bond acceptors (Lipinski definition) is 3. The van der Waals surface area contributed by atoms with Gasteiger partial charge in [-0.05, 0) is 37.0 Å². The lowest BCUT2D eigenvalue weighted by atomic mass is 10.1. The number of benzene rings is 1. The Hall–Kier alpha value is -1.06. The topological polar surface area (TPSA) is 38.9 Å². The molecule has 1 fully saturated rings. The van der Waals surface area contributed by atoms with Gasteiger partial charge in [-0.3, -0.25) is 0 Å². The molecule has 1 saturated carbocycles. The average Bonchev–Trinajstić information content (AvgIpc) is 3.08. The minimum Gasteiger partial charge on any atom is -0.375 e. The fraction of sp³-hybridized carbons (Fsp3) is 0.357. The molecule has 0 atom stereocenters. The summed E-state index contributed by atoms with van der Waals surface area (Å²) in [5.74, 6) is 0.637. The second-order valence-corrected chi connectivity index (χ2v) is 6.43. The van der Waals surface area contributed by atoms with Gasteiger partial charge >= 0.3 is 0 Å². The van der Waals surface area contributed by atoms with Crippen molar-refractivity contribution in [2.24, 2.45) is 0 Å². The minimum absolute atomic E-state index is 0.637. The van der Waals surface area contributed by atoms with E-state index in [0.717, 1.165) is 17.0 Å². The van der Waals surface area contributed by atoms with Crippen LogP contribution < -0.4 is 5.73 Å². The zero-order valence-electron chi connectivity index (χ0n) is 10.2. The molecule has 0 spiro atoms. The molecule has 3 rings (SSSR count). The number of nitrogen functional groups attached to an aromatic ring is 1. The van der Waals surface area contributed by atoms with Crippen LogP contribution in [-0.2, 0) is 6.42 Å². The summed E-state index contributed by atoms with van der Waals surface area (Å²) in [6.07, 6.45) is 3.34. The van der Waals surface area contributed by atoms with Gasteiger partial charge in [0.15, 0.2) is 5.13 Å². The lowest BCUT2D eigenvalue weighted by Crippen LogP contribution is -1.92. The summed E-state index contributed by atoms with van der Waals surface area (Å²) in [5.41, 5.74) is 9.39. The zero-order valence-corrected chi connectivity index (χ0v) is 11.8. The smallest absolute Gasteiger partial charge is 0.180 e. The maximum absolute atomic E-state index is 6.29. The Bertz CT molecular complexity index is 587. The van der Waals surface area contributed by atoms with Gasteiger partial charge in [-0.25, -0.2) is 4.98 Å². The predicted octanol–water partition coefficient (Wildman–Crippen LogP) is 4.16. The second kappa shape index (κ2) is 4.56. The Balaban J connectivity index is 1.91. The summed E-state index contributed by atoms with van der Waals surface area (Å²) in [5, 5.41) is 1.51. The number of thiazole rings is 1. The molecule has 2 nitrogen and oxygen atoms in total. The van der Waals surface area contributed by atoms with Crippen molar-refractivity contribution in [1.82, 2.24) is 4.98 Å². The number of halogens is 1. The van der Waals surface area contributed by atoms with Gasteiger partial charge in [-0.2, -0.15) is 0 Å². The monoisotopic (exact) mass is 278 g/mol. The van der Waals surface area contributed by atoms with Crippen LogP contribution in [0.25, 0.3) is 0 Å². The summed E-state index contributed by atoms with van der Waals surface area (Å²) < 4.78 is 0. The number of aryl methyl sites for hydroxylation is 1. The van der Waals surface area contributed by atoms with E-state index in [2.05, 4.69) is 24.0 Å². The molecule has 18 heavy (non-hydrogen) atoms. The third-order valence-electron chi connectivity index (χ3n) is 3.27. The van der Waals surface area contributed by atoms with E-state index in [0.29, 0.717) is 11.0 Å². The number of nitrogens with two attached hydrogens (primary N) is 1. The summed E-state index contributed by atoms with van der Waals surface area (Å²) >= 11 is 7.89. The quantitative estimate of drug-likeness (QED) is 0.916. The molecule has 0 unspecified atom stereocenters. The molecular weight excluding hydrogens is 264 g/mol. The molecule has 1 aliphatic carbocycles. The van der Waals surface area contributed by atoms with E-state index in [9.17, 15) is 0 Å². The highest BCUT2D eigenvalue weighted by molar-refractivity contribution is 7.15. The van der Waals surface area contributed by atoms with Gasteiger partial charge in [0.25, 0.3) is 0 Å². The summed E-state index contributed by atoms with van der Waals surface area (Å²) in [6, 6.07) is 6.21. The second-order valence-electron chi connectivity index (χ2n) is 4.91. The van der Waals surface area contributed by atoms with Crippen LogP contribution in [0.3, 0.4) is 0 Å². The molecule has 1 heterocycles. The number of aromatic nitrogens is 1. The van der Waals surface area contributed by atoms with Crippen LogP contribution in [0.1, 0.15) is 40.5 Å². The van der Waals surface area contributed by atoms with E-state index >= 15 is 0 Å². The van der Waals surface area contributed by atoms with Gasteiger partial charge in [-0.15, -0.1) is 11.3 Å². The maximum Gasteiger partial charge on any atom is 0.180 e. The van der Waals surface area contributed by atoms with E-state index < -0.39 is 0 Å². The zero-order chi connectivity index (χ0) is 12.7. The highest BCUT2D eigenvalue weighted by atomic mass is 35.5. The van der Waals surface area contributed by atoms with E-state index in [1.165, 1.54) is 29.0 Å². The standard InChI is InChI=1S/C14H15ClN2S/c1-8-2-3-10(11(15)6-8)7-12-13(9-4-5-9)17-14(16)18-12/h2-3,6,9H,4-5,7H2,1H3,(H2,16,17). The predicted molar refractivity (Wildman–Crippen MR) is 77.5 cm³/mol. The van der Waals surface area contributed by atoms with Gasteiger partial charge in [0, 0.05) is 22.2 Å². The fourth-order valence-electron chi connectivity index (χ4n) is 2.15. The third-order valence-corrected chi connectivity index (χ3v) is 4.52. The first kappa shape index (κ1) is 12.0. The third kappa shape index (κ3) is 2.38. The fourth-order valence-corrected chi connectivity index (χ4v) is 3.40. The van der Waals surface area contributed by atoms with Crippen molar-refractivity contribution in [1.29, 1.82) is 0 Å². The number of hydrogen-bond donors (Lipinski definition) is 1. The van der Waals surface area contributed by atoms with Crippen LogP contribution >= 0.6 is 22.9 Å². The van der Waals surface area contributed by atoms with Crippen molar-refractivity contribution in [3.8, 4) is 0 Å². The lowest BCUT2D eigenvalue weighted by molar-refractivity contribution is 1.01. The molecule has 94 valence electrons. The first-order valence-corrected chi connectivity index (χ1v) is 7.33. The lowest BCUT2D eigenvalue weighted by Gasteiger charge is -2.05. The number of anilines is 1. The largest absolute Gasteiger partial charge is 0.375 e. The van der Waals surface area contributed by atoms with Crippen molar-refractivity contribution in [2.45, 2.75) is 32.1 Å². The highest BCUT2D eigenvalue weighted by Gasteiger charge is 2.29. The normalized spacial score (nSPS) is 15.0. The maximum atomic E-state index is 6.29. The Morgan fingerprint density at radius 1 is 1.44 bits per heavy atom. The minimum atomic E-state index is 0.637. The van der Waals surface area contributed by atoms with Gasteiger partial charge < -0.3 is 5.73 Å². The van der Waals surface area contributed by atoms with E-state index in [1.54, 1.807) is 11.3 Å². The summed E-state index contributed by atoms with van der Waals surface area (Å²) in [7, 11) is 0. The highest BCUT2D eigenvalue weighted by Crippen LogP contribution is 2.44. The van der Waals surface area contributed by atoms with E-state index in [4.69, 9.17) is 17.3 Å². The number of nitrogens with zero attached hydrogens (tertiary/aromatic N) is 1. The molecule has 0 aliphatic heterocycles. The van der Waals surface area contributed by atoms with Crippen molar-refractivity contribution in [3.63, 3.8) is 0 Å². The van der Waals surface area contributed by atoms with Crippen LogP contribution in [0, 0.1) is 6.92 Å². The van der Waals surface area contributed by atoms with Crippen LogP contribution in [0.4, 0.5) is 5.13 Å². The Kier molecular flexibility index (Phi) is 3.04. The summed E-state index contributed by atoms with van der Waals surface area (Å²) in [6.45, 7) is 2.05. The summed E-state index contributed by atoms with van der Waals surface area (Å²) in [4.78, 5) is 5.75. The Morgan fingerprint density at radius 3 is 2.89 bits per heavy atom. The molecule has 0 bridgehead atoms. The first-order chi connectivity index (χ1) is 8.63. The molecule has 1 aromatic carbocycles. The Morgan fingerprint density at radius 2 is 2.22 bits per heavy atom. The molecular formula is C14H15ClN2S. The molecule has 1 aromatic heterocycles. The number of rotatable bonds is 3. The average molecular weight is 279 g/mol. The van der Waals surface area contributed by atoms with Crippen LogP contribution in [0.2, 0.25) is 5.02 Å². The van der Waals surface area contributed by atoms with E-state index in [1.807, 2.05) is 6.07 Å². The van der Waals surface area contributed by atoms with Gasteiger partial charge in [0.2, 0.25) is 0 Å². The van der Waals surface area contributed by atoms with Crippen molar-refractivity contribution >= 4 is 28.1 Å². The van der Waals surface area contributed by atoms with Crippen LogP contribution in [0.5, 0.6) is 0 Å². The first-order valence-electron chi connectivity index (χ1n) is 6.13. The van der Waals surface area contributed by atoms with E-state index in [-0.39, 0.29) is 0 Å². The van der Waals surface area contributed by atoms with Gasteiger partial charge in [0.1, 0.15) is 0 Å². The van der Waals surface area contributed by atoms with Gasteiger partial charge in [0.05, 0.1) is 5.69 Å². The van der Waals surface area contributed by atoms with Crippen molar-refractivity contribution < 1.29 is 0 Å². The molecule has 0 saturated heterocycles. The molecule has 0 radical (unpaired) electrons. The molecule has 2 aromatic rings. The van der Waals surface area contributed by atoms with Gasteiger partial charge in [-0.1, -0.05) is 23.7 Å². The van der Waals surface area contributed by atoms with Crippen molar-refractivity contribution in [3.05, 3.63) is 44.9 Å². The molecule has 2 N–H and O–H groups in total. The molecule has 4 heteroatoms. The SMILES string of the molecule is Cc1ccc(Cc2sc(N)nc2C2CC2)c(Cl)c1.